The van der Waals surface area contributed by atoms with Crippen LogP contribution < -0.4 is 16.4 Å². The smallest absolute Gasteiger partial charge is 0.319 e. The number of nitrogens with zero attached hydrogens (tertiary/aromatic N) is 1. The van der Waals surface area contributed by atoms with Crippen LogP contribution in [0.5, 0.6) is 0 Å². The molecule has 4 N–H and O–H groups in total. The topological polar surface area (TPSA) is 139 Å². The second-order valence-corrected chi connectivity index (χ2v) is 6.91. The molecule has 3 rings (SSSR count). The van der Waals surface area contributed by atoms with Gasteiger partial charge in [0.15, 0.2) is 0 Å². The maximum absolute atomic E-state index is 12.3. The molecule has 1 aliphatic heterocycles. The zero-order chi connectivity index (χ0) is 18.1. The maximum Gasteiger partial charge on any atom is 0.319 e. The summed E-state index contributed by atoms with van der Waals surface area (Å²) in [6, 6.07) is -0.978. The van der Waals surface area contributed by atoms with Crippen molar-refractivity contribution in [3.63, 3.8) is 0 Å². The Morgan fingerprint density at radius 2 is 1.76 bits per heavy atom. The van der Waals surface area contributed by atoms with Crippen LogP contribution in [-0.2, 0) is 27.2 Å². The van der Waals surface area contributed by atoms with Gasteiger partial charge >= 0.3 is 6.03 Å². The van der Waals surface area contributed by atoms with Crippen molar-refractivity contribution in [2.24, 2.45) is 5.73 Å². The number of thiophene rings is 1. The molecule has 2 aliphatic rings. The van der Waals surface area contributed by atoms with Gasteiger partial charge in [-0.05, 0) is 24.8 Å². The Bertz CT molecular complexity index is 784. The Hall–Kier alpha value is -2.75. The number of urea groups is 1. The Morgan fingerprint density at radius 1 is 1.08 bits per heavy atom. The molecule has 0 atom stereocenters. The minimum Gasteiger partial charge on any atom is -0.351 e. The lowest BCUT2D eigenvalue weighted by Crippen LogP contribution is -2.38. The summed E-state index contributed by atoms with van der Waals surface area (Å²) in [5.41, 5.74) is 6.02. The molecule has 1 aromatic heterocycles. The lowest BCUT2D eigenvalue weighted by Gasteiger charge is -2.13. The minimum absolute atomic E-state index is 0.103. The maximum atomic E-state index is 12.3. The zero-order valence-corrected chi connectivity index (χ0v) is 14.0. The Morgan fingerprint density at radius 3 is 2.40 bits per heavy atom. The Labute approximate surface area is 146 Å². The predicted molar refractivity (Wildman–Crippen MR) is 88.0 cm³/mol. The fraction of sp³-hybridized carbons (Fsp3) is 0.400. The number of likely N-dealkylation sites (tertiary alicyclic amines) is 1. The largest absolute Gasteiger partial charge is 0.351 e. The number of hydrogen-bond acceptors (Lipinski definition) is 6. The molecule has 0 unspecified atom stereocenters. The molecule has 1 aromatic rings. The summed E-state index contributed by atoms with van der Waals surface area (Å²) in [5.74, 6) is -2.02. The lowest BCUT2D eigenvalue weighted by molar-refractivity contribution is -0.141. The lowest BCUT2D eigenvalue weighted by atomic mass is 10.1. The van der Waals surface area contributed by atoms with Gasteiger partial charge in [-0.15, -0.1) is 11.3 Å². The molecule has 0 bridgehead atoms. The highest BCUT2D eigenvalue weighted by atomic mass is 32.1. The molecule has 0 radical (unpaired) electrons. The number of nitrogens with two attached hydrogens (primary N) is 1. The summed E-state index contributed by atoms with van der Waals surface area (Å²) in [7, 11) is 0. The van der Waals surface area contributed by atoms with Crippen LogP contribution in [-0.4, -0.2) is 41.1 Å². The van der Waals surface area contributed by atoms with Crippen LogP contribution in [0.1, 0.15) is 40.1 Å². The molecule has 0 spiro atoms. The third-order valence-corrected chi connectivity index (χ3v) is 5.30. The summed E-state index contributed by atoms with van der Waals surface area (Å²) < 4.78 is 0. The van der Waals surface area contributed by atoms with Crippen molar-refractivity contribution in [3.8, 4) is 0 Å². The van der Waals surface area contributed by atoms with E-state index in [1.165, 1.54) is 11.3 Å². The van der Waals surface area contributed by atoms with Gasteiger partial charge < -0.3 is 11.1 Å². The van der Waals surface area contributed by atoms with E-state index in [1.54, 1.807) is 0 Å². The number of carbonyl (C=O) groups excluding carboxylic acids is 5. The van der Waals surface area contributed by atoms with E-state index >= 15 is 0 Å². The molecule has 6 amide bonds. The van der Waals surface area contributed by atoms with E-state index in [9.17, 15) is 24.0 Å². The number of imide groups is 2. The summed E-state index contributed by atoms with van der Waals surface area (Å²) in [6.07, 6.45) is 2.56. The van der Waals surface area contributed by atoms with Crippen LogP contribution in [0.15, 0.2) is 0 Å². The van der Waals surface area contributed by atoms with Gasteiger partial charge in [0.2, 0.25) is 17.7 Å². The van der Waals surface area contributed by atoms with Crippen molar-refractivity contribution in [2.45, 2.75) is 32.1 Å². The number of rotatable bonds is 4. The summed E-state index contributed by atoms with van der Waals surface area (Å²) >= 11 is 1.26. The molecule has 0 saturated carbocycles. The van der Waals surface area contributed by atoms with E-state index in [0.29, 0.717) is 11.4 Å². The standard InChI is InChI=1S/C15H16N4O5S/c16-15(24)18-13(23)12-7-2-1-3-8(7)25-14(12)17-9(20)6-19-10(21)4-5-11(19)22/h1-6H2,(H,17,20)(H3,16,18,23,24). The number of amides is 6. The van der Waals surface area contributed by atoms with Crippen molar-refractivity contribution >= 4 is 46.0 Å². The third-order valence-electron chi connectivity index (χ3n) is 4.09. The van der Waals surface area contributed by atoms with Gasteiger partial charge in [-0.2, -0.15) is 0 Å². The van der Waals surface area contributed by atoms with E-state index in [-0.39, 0.29) is 30.2 Å². The molecule has 1 aliphatic carbocycles. The second kappa shape index (κ2) is 6.63. The predicted octanol–water partition coefficient (Wildman–Crippen LogP) is 0.133. The highest BCUT2D eigenvalue weighted by Gasteiger charge is 2.32. The van der Waals surface area contributed by atoms with Crippen LogP contribution >= 0.6 is 11.3 Å². The highest BCUT2D eigenvalue weighted by molar-refractivity contribution is 7.17. The summed E-state index contributed by atoms with van der Waals surface area (Å²) in [4.78, 5) is 60.5. The van der Waals surface area contributed by atoms with Crippen molar-refractivity contribution in [1.82, 2.24) is 10.2 Å². The van der Waals surface area contributed by atoms with Crippen molar-refractivity contribution in [1.29, 1.82) is 0 Å². The Kier molecular flexibility index (Phi) is 4.53. The average molecular weight is 364 g/mol. The molecule has 132 valence electrons. The van der Waals surface area contributed by atoms with Crippen molar-refractivity contribution in [2.75, 3.05) is 11.9 Å². The van der Waals surface area contributed by atoms with Gasteiger partial charge in [-0.3, -0.25) is 29.4 Å². The first-order valence-electron chi connectivity index (χ1n) is 7.75. The van der Waals surface area contributed by atoms with Gasteiger partial charge in [0.05, 0.1) is 5.56 Å². The Balaban J connectivity index is 1.79. The first-order chi connectivity index (χ1) is 11.9. The van der Waals surface area contributed by atoms with Gasteiger partial charge in [0, 0.05) is 17.7 Å². The number of anilines is 1. The van der Waals surface area contributed by atoms with Gasteiger partial charge in [-0.25, -0.2) is 4.79 Å². The van der Waals surface area contributed by atoms with Crippen molar-refractivity contribution < 1.29 is 24.0 Å². The van der Waals surface area contributed by atoms with E-state index < -0.39 is 24.4 Å². The van der Waals surface area contributed by atoms with E-state index in [2.05, 4.69) is 5.32 Å². The number of nitrogens with one attached hydrogen (secondary N) is 2. The molecule has 25 heavy (non-hydrogen) atoms. The van der Waals surface area contributed by atoms with Crippen LogP contribution in [0.4, 0.5) is 9.80 Å². The second-order valence-electron chi connectivity index (χ2n) is 5.80. The minimum atomic E-state index is -0.978. The van der Waals surface area contributed by atoms with Crippen LogP contribution in [0.3, 0.4) is 0 Å². The first kappa shape index (κ1) is 17.1. The van der Waals surface area contributed by atoms with Gasteiger partial charge in [0.25, 0.3) is 5.91 Å². The van der Waals surface area contributed by atoms with E-state index in [0.717, 1.165) is 28.2 Å². The van der Waals surface area contributed by atoms with E-state index in [4.69, 9.17) is 5.73 Å². The molecular weight excluding hydrogens is 348 g/mol. The monoisotopic (exact) mass is 364 g/mol. The average Bonchev–Trinajstić information content (AvgIpc) is 3.16. The number of hydrogen-bond donors (Lipinski definition) is 3. The van der Waals surface area contributed by atoms with Crippen LogP contribution in [0.2, 0.25) is 0 Å². The zero-order valence-electron chi connectivity index (χ0n) is 13.2. The fourth-order valence-corrected chi connectivity index (χ4v) is 4.32. The molecule has 9 nitrogen and oxygen atoms in total. The first-order valence-corrected chi connectivity index (χ1v) is 8.57. The molecule has 0 aromatic carbocycles. The van der Waals surface area contributed by atoms with E-state index in [1.807, 2.05) is 5.32 Å². The molecule has 1 fully saturated rings. The quantitative estimate of drug-likeness (QED) is 0.652. The van der Waals surface area contributed by atoms with Crippen LogP contribution in [0, 0.1) is 0 Å². The third kappa shape index (κ3) is 3.38. The SMILES string of the molecule is NC(=O)NC(=O)c1c(NC(=O)CN2C(=O)CCC2=O)sc2c1CCC2. The molecule has 2 heterocycles. The molecular formula is C15H16N4O5S. The molecule has 10 heteroatoms. The van der Waals surface area contributed by atoms with Gasteiger partial charge in [0.1, 0.15) is 11.5 Å². The highest BCUT2D eigenvalue weighted by Crippen LogP contribution is 2.39. The number of fused-ring (bicyclic) bond motifs is 1. The molecule has 1 saturated heterocycles. The van der Waals surface area contributed by atoms with Crippen LogP contribution in [0.25, 0.3) is 0 Å². The number of carbonyl (C=O) groups is 5. The number of aryl methyl sites for hydroxylation is 1. The fourth-order valence-electron chi connectivity index (χ4n) is 3.02. The summed E-state index contributed by atoms with van der Waals surface area (Å²) in [6.45, 7) is -0.392. The normalized spacial score (nSPS) is 16.1. The van der Waals surface area contributed by atoms with Crippen molar-refractivity contribution in [3.05, 3.63) is 16.0 Å². The number of primary amides is 1. The van der Waals surface area contributed by atoms with Gasteiger partial charge in [-0.1, -0.05) is 0 Å². The summed E-state index contributed by atoms with van der Waals surface area (Å²) in [5, 5.41) is 4.89.